The van der Waals surface area contributed by atoms with Gasteiger partial charge in [-0.1, -0.05) is 41.4 Å². The van der Waals surface area contributed by atoms with Gasteiger partial charge in [0.2, 0.25) is 0 Å². The van der Waals surface area contributed by atoms with Gasteiger partial charge in [-0.2, -0.15) is 0 Å². The van der Waals surface area contributed by atoms with Crippen LogP contribution in [-0.4, -0.2) is 9.97 Å². The number of imidazole rings is 1. The number of nitrogens with zero attached hydrogens (tertiary/aromatic N) is 1. The zero-order valence-electron chi connectivity index (χ0n) is 10.7. The lowest BCUT2D eigenvalue weighted by Gasteiger charge is -2.03. The number of H-pyrrole nitrogens is 1. The Bertz CT molecular complexity index is 726. The summed E-state index contributed by atoms with van der Waals surface area (Å²) in [7, 11) is 0. The van der Waals surface area contributed by atoms with Gasteiger partial charge in [0.25, 0.3) is 0 Å². The van der Waals surface area contributed by atoms with Crippen molar-refractivity contribution in [2.45, 2.75) is 12.8 Å². The highest BCUT2D eigenvalue weighted by Crippen LogP contribution is 2.26. The normalized spacial score (nSPS) is 11.1. The minimum absolute atomic E-state index is 0.518. The maximum absolute atomic E-state index is 5.99. The van der Waals surface area contributed by atoms with Crippen molar-refractivity contribution in [3.05, 3.63) is 57.8 Å². The Labute approximate surface area is 126 Å². The number of nitrogens with two attached hydrogens (primary N) is 1. The predicted molar refractivity (Wildman–Crippen MR) is 84.4 cm³/mol. The van der Waals surface area contributed by atoms with E-state index in [0.717, 1.165) is 41.0 Å². The van der Waals surface area contributed by atoms with E-state index in [9.17, 15) is 0 Å². The van der Waals surface area contributed by atoms with Crippen LogP contribution >= 0.6 is 23.2 Å². The number of hydrogen-bond donors (Lipinski definition) is 2. The topological polar surface area (TPSA) is 54.7 Å². The number of halogens is 2. The monoisotopic (exact) mass is 305 g/mol. The maximum atomic E-state index is 5.99. The van der Waals surface area contributed by atoms with Crippen LogP contribution in [0, 0.1) is 0 Å². The van der Waals surface area contributed by atoms with E-state index in [2.05, 4.69) is 9.97 Å². The van der Waals surface area contributed by atoms with Crippen LogP contribution in [-0.2, 0) is 12.8 Å². The molecule has 0 bridgehead atoms. The molecule has 0 atom stereocenters. The smallest absolute Gasteiger partial charge is 0.107 e. The van der Waals surface area contributed by atoms with Crippen LogP contribution in [0.3, 0.4) is 0 Å². The van der Waals surface area contributed by atoms with Gasteiger partial charge < -0.3 is 10.7 Å². The molecule has 3 aromatic rings. The van der Waals surface area contributed by atoms with E-state index in [1.165, 1.54) is 0 Å². The van der Waals surface area contributed by atoms with Crippen LogP contribution in [0.2, 0.25) is 10.0 Å². The number of anilines is 1. The van der Waals surface area contributed by atoms with Crippen LogP contribution in [0.4, 0.5) is 5.69 Å². The van der Waals surface area contributed by atoms with Gasteiger partial charge in [0.05, 0.1) is 21.1 Å². The zero-order chi connectivity index (χ0) is 14.1. The molecular weight excluding hydrogens is 293 g/mol. The second-order valence-electron chi connectivity index (χ2n) is 4.67. The molecule has 5 heteroatoms. The minimum atomic E-state index is 0.518. The molecule has 1 aromatic heterocycles. The molecular formula is C15H13Cl2N3. The summed E-state index contributed by atoms with van der Waals surface area (Å²) in [6, 6.07) is 11.4. The largest absolute Gasteiger partial charge is 0.399 e. The van der Waals surface area contributed by atoms with E-state index in [1.54, 1.807) is 12.1 Å². The molecule has 0 saturated heterocycles. The molecule has 0 unspecified atom stereocenters. The minimum Gasteiger partial charge on any atom is -0.399 e. The molecule has 3 nitrogen and oxygen atoms in total. The van der Waals surface area contributed by atoms with Crippen molar-refractivity contribution in [1.82, 2.24) is 9.97 Å². The molecule has 0 aliphatic carbocycles. The van der Waals surface area contributed by atoms with Gasteiger partial charge in [-0.15, -0.1) is 0 Å². The fourth-order valence-corrected chi connectivity index (χ4v) is 2.51. The molecule has 0 saturated carbocycles. The zero-order valence-corrected chi connectivity index (χ0v) is 12.2. The van der Waals surface area contributed by atoms with Crippen molar-refractivity contribution < 1.29 is 0 Å². The first kappa shape index (κ1) is 13.3. The van der Waals surface area contributed by atoms with Crippen molar-refractivity contribution in [2.75, 3.05) is 5.73 Å². The van der Waals surface area contributed by atoms with Crippen molar-refractivity contribution in [1.29, 1.82) is 0 Å². The third-order valence-corrected chi connectivity index (χ3v) is 3.98. The molecule has 0 aliphatic rings. The summed E-state index contributed by atoms with van der Waals surface area (Å²) < 4.78 is 0. The first-order valence-corrected chi connectivity index (χ1v) is 7.06. The number of aromatic nitrogens is 2. The predicted octanol–water partition coefficient (Wildman–Crippen LogP) is 4.24. The Morgan fingerprint density at radius 1 is 1.05 bits per heavy atom. The lowest BCUT2D eigenvalue weighted by atomic mass is 10.1. The molecule has 2 aromatic carbocycles. The fourth-order valence-electron chi connectivity index (χ4n) is 2.19. The standard InChI is InChI=1S/C15H13Cl2N3/c16-10-7-13-14(8-11(10)17)20-15(19-13)6-5-9-3-1-2-4-12(9)18/h1-4,7-8H,5-6,18H2,(H,19,20). The maximum Gasteiger partial charge on any atom is 0.107 e. The first-order valence-electron chi connectivity index (χ1n) is 6.30. The third-order valence-electron chi connectivity index (χ3n) is 3.26. The van der Waals surface area contributed by atoms with Gasteiger partial charge in [-0.3, -0.25) is 0 Å². The molecule has 3 N–H and O–H groups in total. The highest BCUT2D eigenvalue weighted by Gasteiger charge is 2.07. The molecule has 102 valence electrons. The molecule has 0 amide bonds. The van der Waals surface area contributed by atoms with E-state index < -0.39 is 0 Å². The van der Waals surface area contributed by atoms with Gasteiger partial charge in [-0.25, -0.2) is 4.98 Å². The van der Waals surface area contributed by atoms with Crippen LogP contribution in [0.25, 0.3) is 11.0 Å². The van der Waals surface area contributed by atoms with Gasteiger partial charge in [-0.05, 0) is 30.2 Å². The molecule has 0 spiro atoms. The van der Waals surface area contributed by atoms with Crippen molar-refractivity contribution >= 4 is 39.9 Å². The summed E-state index contributed by atoms with van der Waals surface area (Å²) in [5.74, 6) is 0.904. The van der Waals surface area contributed by atoms with Crippen molar-refractivity contribution in [3.8, 4) is 0 Å². The third kappa shape index (κ3) is 2.60. The van der Waals surface area contributed by atoms with Crippen molar-refractivity contribution in [2.24, 2.45) is 0 Å². The number of aryl methyl sites for hydroxylation is 2. The lowest BCUT2D eigenvalue weighted by molar-refractivity contribution is 0.892. The van der Waals surface area contributed by atoms with Gasteiger partial charge in [0.1, 0.15) is 5.82 Å². The van der Waals surface area contributed by atoms with Crippen LogP contribution in [0.5, 0.6) is 0 Å². The molecule has 20 heavy (non-hydrogen) atoms. The van der Waals surface area contributed by atoms with Gasteiger partial charge >= 0.3 is 0 Å². The summed E-state index contributed by atoms with van der Waals surface area (Å²) in [6.07, 6.45) is 1.63. The highest BCUT2D eigenvalue weighted by atomic mass is 35.5. The van der Waals surface area contributed by atoms with Crippen LogP contribution in [0.1, 0.15) is 11.4 Å². The average Bonchev–Trinajstić information content (AvgIpc) is 2.80. The number of fused-ring (bicyclic) bond motifs is 1. The second-order valence-corrected chi connectivity index (χ2v) is 5.48. The molecule has 1 heterocycles. The van der Waals surface area contributed by atoms with Crippen LogP contribution < -0.4 is 5.73 Å². The Morgan fingerprint density at radius 2 is 1.80 bits per heavy atom. The second kappa shape index (κ2) is 5.35. The Hall–Kier alpha value is -1.71. The summed E-state index contributed by atoms with van der Waals surface area (Å²) >= 11 is 12.0. The highest BCUT2D eigenvalue weighted by molar-refractivity contribution is 6.42. The van der Waals surface area contributed by atoms with Crippen LogP contribution in [0.15, 0.2) is 36.4 Å². The molecule has 3 rings (SSSR count). The molecule has 0 radical (unpaired) electrons. The van der Waals surface area contributed by atoms with E-state index in [0.29, 0.717) is 10.0 Å². The Morgan fingerprint density at radius 3 is 2.60 bits per heavy atom. The quantitative estimate of drug-likeness (QED) is 0.711. The number of nitrogen functional groups attached to an aromatic ring is 1. The van der Waals surface area contributed by atoms with E-state index in [1.807, 2.05) is 24.3 Å². The van der Waals surface area contributed by atoms with Crippen molar-refractivity contribution in [3.63, 3.8) is 0 Å². The Balaban J connectivity index is 1.83. The average molecular weight is 306 g/mol. The number of nitrogens with one attached hydrogen (secondary N) is 1. The van der Waals surface area contributed by atoms with Gasteiger partial charge in [0.15, 0.2) is 0 Å². The number of para-hydroxylation sites is 1. The van der Waals surface area contributed by atoms with E-state index in [-0.39, 0.29) is 0 Å². The van der Waals surface area contributed by atoms with Gasteiger partial charge in [0, 0.05) is 12.1 Å². The number of rotatable bonds is 3. The number of hydrogen-bond acceptors (Lipinski definition) is 2. The number of benzene rings is 2. The first-order chi connectivity index (χ1) is 9.63. The SMILES string of the molecule is Nc1ccccc1CCc1nc2cc(Cl)c(Cl)cc2[nH]1. The Kier molecular flexibility index (Phi) is 3.55. The molecule has 0 fully saturated rings. The van der Waals surface area contributed by atoms with E-state index >= 15 is 0 Å². The fraction of sp³-hybridized carbons (Fsp3) is 0.133. The summed E-state index contributed by atoms with van der Waals surface area (Å²) in [6.45, 7) is 0. The lowest BCUT2D eigenvalue weighted by Crippen LogP contribution is -1.97. The summed E-state index contributed by atoms with van der Waals surface area (Å²) in [5, 5.41) is 1.05. The van der Waals surface area contributed by atoms with E-state index in [4.69, 9.17) is 28.9 Å². The summed E-state index contributed by atoms with van der Waals surface area (Å²) in [5.41, 5.74) is 9.60. The number of aromatic amines is 1. The summed E-state index contributed by atoms with van der Waals surface area (Å²) in [4.78, 5) is 7.78. The molecule has 0 aliphatic heterocycles.